The third kappa shape index (κ3) is 4.15. The van der Waals surface area contributed by atoms with Crippen molar-refractivity contribution in [1.29, 1.82) is 0 Å². The lowest BCUT2D eigenvalue weighted by molar-refractivity contribution is -0.124. The zero-order chi connectivity index (χ0) is 18.5. The Morgan fingerprint density at radius 3 is 2.42 bits per heavy atom. The summed E-state index contributed by atoms with van der Waals surface area (Å²) in [6.45, 7) is -0.154. The van der Waals surface area contributed by atoms with Crippen LogP contribution in [0.3, 0.4) is 0 Å². The minimum Gasteiger partial charge on any atom is -0.497 e. The fourth-order valence-corrected chi connectivity index (χ4v) is 3.30. The van der Waals surface area contributed by atoms with Crippen LogP contribution in [-0.2, 0) is 4.79 Å². The topological polar surface area (TPSA) is 88.0 Å². The first-order valence-corrected chi connectivity index (χ1v) is 8.56. The molecule has 1 aliphatic rings. The first-order chi connectivity index (χ1) is 12.6. The molecule has 2 aromatic rings. The molecule has 3 rings (SSSR count). The van der Waals surface area contributed by atoms with E-state index < -0.39 is 18.2 Å². The molecule has 0 aromatic heterocycles. The van der Waals surface area contributed by atoms with Crippen LogP contribution in [0.5, 0.6) is 11.5 Å². The van der Waals surface area contributed by atoms with E-state index in [4.69, 9.17) is 9.47 Å². The molecule has 0 aliphatic heterocycles. The lowest BCUT2D eigenvalue weighted by atomic mass is 9.93. The van der Waals surface area contributed by atoms with E-state index in [0.29, 0.717) is 12.2 Å². The third-order valence-electron chi connectivity index (χ3n) is 4.68. The number of para-hydroxylation sites is 1. The van der Waals surface area contributed by atoms with Gasteiger partial charge in [-0.15, -0.1) is 0 Å². The molecule has 0 spiro atoms. The maximum atomic E-state index is 12.3. The molecule has 2 aromatic carbocycles. The van der Waals surface area contributed by atoms with Crippen LogP contribution in [-0.4, -0.2) is 48.1 Å². The Morgan fingerprint density at radius 1 is 1.08 bits per heavy atom. The van der Waals surface area contributed by atoms with Gasteiger partial charge in [-0.25, -0.2) is 0 Å². The molecule has 1 aliphatic carbocycles. The van der Waals surface area contributed by atoms with Gasteiger partial charge in [0.05, 0.1) is 19.3 Å². The van der Waals surface area contributed by atoms with Gasteiger partial charge in [-0.1, -0.05) is 30.3 Å². The van der Waals surface area contributed by atoms with Crippen molar-refractivity contribution in [2.24, 2.45) is 0 Å². The number of aliphatic hydroxyl groups excluding tert-OH is 2. The Hall–Kier alpha value is -2.57. The number of methoxy groups -OCH3 is 1. The number of carbonyl (C=O) groups is 1. The highest BCUT2D eigenvalue weighted by molar-refractivity contribution is 5.78. The van der Waals surface area contributed by atoms with Gasteiger partial charge in [0.1, 0.15) is 17.6 Å². The number of carbonyl (C=O) groups excluding carboxylic acids is 1. The number of nitrogens with one attached hydrogen (secondary N) is 1. The van der Waals surface area contributed by atoms with E-state index in [0.717, 1.165) is 11.3 Å². The molecule has 0 radical (unpaired) electrons. The van der Waals surface area contributed by atoms with Crippen molar-refractivity contribution < 1.29 is 24.5 Å². The number of hydrogen-bond donors (Lipinski definition) is 3. The fourth-order valence-electron chi connectivity index (χ4n) is 3.30. The van der Waals surface area contributed by atoms with Crippen LogP contribution < -0.4 is 14.8 Å². The molecule has 4 atom stereocenters. The first kappa shape index (κ1) is 18.2. The SMILES string of the molecule is COc1ccc(C2CC(O)C(O)C2NC(=O)COc2ccccc2)cc1. The Bertz CT molecular complexity index is 719. The average Bonchev–Trinajstić information content (AvgIpc) is 2.95. The standard InChI is InChI=1S/C20H23NO5/c1-25-14-9-7-13(8-10-14)16-11-17(22)20(24)19(16)21-18(23)12-26-15-5-3-2-4-6-15/h2-10,16-17,19-20,22,24H,11-12H2,1H3,(H,21,23). The van der Waals surface area contributed by atoms with Crippen LogP contribution in [0, 0.1) is 0 Å². The van der Waals surface area contributed by atoms with Gasteiger partial charge in [0.15, 0.2) is 6.61 Å². The zero-order valence-electron chi connectivity index (χ0n) is 14.5. The van der Waals surface area contributed by atoms with E-state index >= 15 is 0 Å². The van der Waals surface area contributed by atoms with E-state index in [1.165, 1.54) is 0 Å². The average molecular weight is 357 g/mol. The van der Waals surface area contributed by atoms with E-state index in [1.807, 2.05) is 42.5 Å². The molecule has 4 unspecified atom stereocenters. The highest BCUT2D eigenvalue weighted by Crippen LogP contribution is 2.36. The van der Waals surface area contributed by atoms with Gasteiger partial charge < -0.3 is 25.0 Å². The zero-order valence-corrected chi connectivity index (χ0v) is 14.5. The lowest BCUT2D eigenvalue weighted by Crippen LogP contribution is -2.46. The summed E-state index contributed by atoms with van der Waals surface area (Å²) in [5.41, 5.74) is 0.927. The van der Waals surface area contributed by atoms with E-state index in [2.05, 4.69) is 5.32 Å². The van der Waals surface area contributed by atoms with Crippen molar-refractivity contribution >= 4 is 5.91 Å². The van der Waals surface area contributed by atoms with Crippen molar-refractivity contribution in [2.45, 2.75) is 30.6 Å². The summed E-state index contributed by atoms with van der Waals surface area (Å²) in [4.78, 5) is 12.3. The number of ether oxygens (including phenoxy) is 2. The predicted molar refractivity (Wildman–Crippen MR) is 96.2 cm³/mol. The van der Waals surface area contributed by atoms with Crippen LogP contribution in [0.25, 0.3) is 0 Å². The number of amides is 1. The Morgan fingerprint density at radius 2 is 1.77 bits per heavy atom. The third-order valence-corrected chi connectivity index (χ3v) is 4.68. The summed E-state index contributed by atoms with van der Waals surface area (Å²) >= 11 is 0. The van der Waals surface area contributed by atoms with Crippen LogP contribution in [0.15, 0.2) is 54.6 Å². The van der Waals surface area contributed by atoms with Crippen LogP contribution in [0.4, 0.5) is 0 Å². The molecule has 0 bridgehead atoms. The van der Waals surface area contributed by atoms with E-state index in [-0.39, 0.29) is 18.4 Å². The van der Waals surface area contributed by atoms with E-state index in [9.17, 15) is 15.0 Å². The molecule has 0 heterocycles. The normalized spacial score (nSPS) is 24.9. The molecule has 1 amide bonds. The molecule has 6 heteroatoms. The maximum absolute atomic E-state index is 12.3. The van der Waals surface area contributed by atoms with Crippen molar-refractivity contribution in [2.75, 3.05) is 13.7 Å². The van der Waals surface area contributed by atoms with Gasteiger partial charge in [0, 0.05) is 5.92 Å². The summed E-state index contributed by atoms with van der Waals surface area (Å²) in [5, 5.41) is 23.2. The minimum absolute atomic E-state index is 0.154. The number of hydrogen-bond acceptors (Lipinski definition) is 5. The van der Waals surface area contributed by atoms with Crippen molar-refractivity contribution in [3.63, 3.8) is 0 Å². The highest BCUT2D eigenvalue weighted by Gasteiger charge is 2.43. The Kier molecular flexibility index (Phi) is 5.75. The largest absolute Gasteiger partial charge is 0.497 e. The van der Waals surface area contributed by atoms with Crippen LogP contribution in [0.1, 0.15) is 17.9 Å². The molecule has 26 heavy (non-hydrogen) atoms. The number of rotatable bonds is 6. The number of aliphatic hydroxyl groups is 2. The second-order valence-electron chi connectivity index (χ2n) is 6.37. The molecule has 138 valence electrons. The molecule has 1 saturated carbocycles. The predicted octanol–water partition coefficient (Wildman–Crippen LogP) is 1.47. The maximum Gasteiger partial charge on any atom is 0.258 e. The van der Waals surface area contributed by atoms with Crippen molar-refractivity contribution in [1.82, 2.24) is 5.32 Å². The van der Waals surface area contributed by atoms with E-state index in [1.54, 1.807) is 19.2 Å². The fraction of sp³-hybridized carbons (Fsp3) is 0.350. The quantitative estimate of drug-likeness (QED) is 0.729. The second-order valence-corrected chi connectivity index (χ2v) is 6.37. The Labute approximate surface area is 152 Å². The highest BCUT2D eigenvalue weighted by atomic mass is 16.5. The molecular formula is C20H23NO5. The van der Waals surface area contributed by atoms with Crippen molar-refractivity contribution in [3.05, 3.63) is 60.2 Å². The molecule has 0 saturated heterocycles. The van der Waals surface area contributed by atoms with Gasteiger partial charge in [0.2, 0.25) is 0 Å². The summed E-state index contributed by atoms with van der Waals surface area (Å²) in [7, 11) is 1.59. The van der Waals surface area contributed by atoms with Gasteiger partial charge in [-0.05, 0) is 36.2 Å². The summed E-state index contributed by atoms with van der Waals surface area (Å²) in [5.74, 6) is 0.795. The van der Waals surface area contributed by atoms with Crippen LogP contribution >= 0.6 is 0 Å². The molecule has 6 nitrogen and oxygen atoms in total. The molecule has 1 fully saturated rings. The second kappa shape index (κ2) is 8.21. The lowest BCUT2D eigenvalue weighted by Gasteiger charge is -2.24. The molecular weight excluding hydrogens is 334 g/mol. The molecule has 3 N–H and O–H groups in total. The number of benzene rings is 2. The first-order valence-electron chi connectivity index (χ1n) is 8.56. The van der Waals surface area contributed by atoms with Gasteiger partial charge in [-0.3, -0.25) is 4.79 Å². The van der Waals surface area contributed by atoms with Crippen LogP contribution in [0.2, 0.25) is 0 Å². The smallest absolute Gasteiger partial charge is 0.258 e. The van der Waals surface area contributed by atoms with Crippen molar-refractivity contribution in [3.8, 4) is 11.5 Å². The minimum atomic E-state index is -1.03. The summed E-state index contributed by atoms with van der Waals surface area (Å²) in [6, 6.07) is 15.9. The van der Waals surface area contributed by atoms with Gasteiger partial charge >= 0.3 is 0 Å². The van der Waals surface area contributed by atoms with Gasteiger partial charge in [0.25, 0.3) is 5.91 Å². The Balaban J connectivity index is 1.65. The monoisotopic (exact) mass is 357 g/mol. The summed E-state index contributed by atoms with van der Waals surface area (Å²) < 4.78 is 10.6. The summed E-state index contributed by atoms with van der Waals surface area (Å²) in [6.07, 6.45) is -1.54. The van der Waals surface area contributed by atoms with Gasteiger partial charge in [-0.2, -0.15) is 0 Å².